The zero-order valence-electron chi connectivity index (χ0n) is 15.6. The number of rotatable bonds is 6. The molecular weight excluding hydrogens is 320 g/mol. The van der Waals surface area contributed by atoms with Crippen LogP contribution in [0.15, 0.2) is 48.7 Å². The lowest BCUT2D eigenvalue weighted by Crippen LogP contribution is -2.35. The maximum atomic E-state index is 4.35. The molecule has 4 heteroatoms. The summed E-state index contributed by atoms with van der Waals surface area (Å²) in [5.41, 5.74) is 2.83. The highest BCUT2D eigenvalue weighted by molar-refractivity contribution is 5.48. The average molecular weight is 351 g/mol. The first-order valence-electron chi connectivity index (χ1n) is 10.1. The second kappa shape index (κ2) is 8.54. The van der Waals surface area contributed by atoms with Crippen molar-refractivity contribution in [3.8, 4) is 0 Å². The van der Waals surface area contributed by atoms with Gasteiger partial charge in [-0.25, -0.2) is 4.98 Å². The minimum atomic E-state index is 0.739. The number of nitrogens with one attached hydrogen (secondary N) is 1. The summed E-state index contributed by atoms with van der Waals surface area (Å²) in [6, 6.07) is 15.3. The third kappa shape index (κ3) is 4.55. The lowest BCUT2D eigenvalue weighted by Gasteiger charge is -2.34. The Morgan fingerprint density at radius 1 is 0.923 bits per heavy atom. The van der Waals surface area contributed by atoms with E-state index in [9.17, 15) is 0 Å². The van der Waals surface area contributed by atoms with Crippen molar-refractivity contribution in [2.45, 2.75) is 32.2 Å². The van der Waals surface area contributed by atoms with Crippen molar-refractivity contribution in [2.24, 2.45) is 5.92 Å². The highest BCUT2D eigenvalue weighted by atomic mass is 15.1. The molecule has 2 aromatic rings. The molecule has 4 nitrogen and oxygen atoms in total. The molecule has 138 valence electrons. The van der Waals surface area contributed by atoms with Crippen molar-refractivity contribution in [3.63, 3.8) is 0 Å². The van der Waals surface area contributed by atoms with Gasteiger partial charge in [0.05, 0.1) is 0 Å². The Bertz CT molecular complexity index is 656. The fourth-order valence-electron chi connectivity index (χ4n) is 4.12. The van der Waals surface area contributed by atoms with Crippen LogP contribution in [0, 0.1) is 5.92 Å². The number of aromatic nitrogens is 1. The fraction of sp³-hybridized carbons (Fsp3) is 0.500. The van der Waals surface area contributed by atoms with Gasteiger partial charge in [0, 0.05) is 38.1 Å². The number of anilines is 2. The zero-order chi connectivity index (χ0) is 17.6. The molecule has 0 radical (unpaired) electrons. The van der Waals surface area contributed by atoms with E-state index in [4.69, 9.17) is 0 Å². The van der Waals surface area contributed by atoms with Crippen molar-refractivity contribution in [1.29, 1.82) is 0 Å². The Kier molecular flexibility index (Phi) is 5.70. The van der Waals surface area contributed by atoms with E-state index in [1.807, 2.05) is 24.4 Å². The summed E-state index contributed by atoms with van der Waals surface area (Å²) in [7, 11) is 0. The number of pyridine rings is 1. The molecule has 0 spiro atoms. The van der Waals surface area contributed by atoms with Gasteiger partial charge >= 0.3 is 0 Å². The van der Waals surface area contributed by atoms with E-state index in [1.165, 1.54) is 50.0 Å². The Balaban J connectivity index is 1.23. The van der Waals surface area contributed by atoms with Crippen LogP contribution in [-0.2, 0) is 6.54 Å². The summed E-state index contributed by atoms with van der Waals surface area (Å²) in [6.07, 6.45) is 7.06. The third-order valence-electron chi connectivity index (χ3n) is 5.76. The highest BCUT2D eigenvalue weighted by Crippen LogP contribution is 2.24. The van der Waals surface area contributed by atoms with E-state index in [1.54, 1.807) is 0 Å². The van der Waals surface area contributed by atoms with Crippen molar-refractivity contribution >= 4 is 11.5 Å². The van der Waals surface area contributed by atoms with Gasteiger partial charge < -0.3 is 10.2 Å². The number of benzene rings is 1. The normalized spacial score (nSPS) is 19.0. The molecule has 1 N–H and O–H groups in total. The first kappa shape index (κ1) is 17.3. The summed E-state index contributed by atoms with van der Waals surface area (Å²) in [5, 5.41) is 3.48. The number of piperidine rings is 1. The molecule has 2 fully saturated rings. The van der Waals surface area contributed by atoms with Crippen LogP contribution in [0.2, 0.25) is 0 Å². The first-order valence-corrected chi connectivity index (χ1v) is 10.1. The van der Waals surface area contributed by atoms with Gasteiger partial charge in [-0.15, -0.1) is 0 Å². The van der Waals surface area contributed by atoms with Crippen LogP contribution in [0.25, 0.3) is 0 Å². The van der Waals surface area contributed by atoms with Crippen molar-refractivity contribution in [2.75, 3.05) is 42.9 Å². The monoisotopic (exact) mass is 350 g/mol. The maximum absolute atomic E-state index is 4.35. The van der Waals surface area contributed by atoms with Crippen LogP contribution < -0.4 is 10.2 Å². The number of likely N-dealkylation sites (tertiary alicyclic amines) is 1. The summed E-state index contributed by atoms with van der Waals surface area (Å²) in [5.74, 6) is 1.73. The van der Waals surface area contributed by atoms with Gasteiger partial charge in [-0.2, -0.15) is 0 Å². The summed E-state index contributed by atoms with van der Waals surface area (Å²) < 4.78 is 0. The Hall–Kier alpha value is -2.07. The number of hydrogen-bond donors (Lipinski definition) is 1. The molecule has 2 aliphatic heterocycles. The molecule has 0 saturated carbocycles. The second-order valence-electron chi connectivity index (χ2n) is 7.68. The molecule has 3 heterocycles. The van der Waals surface area contributed by atoms with Crippen LogP contribution in [-0.4, -0.2) is 42.6 Å². The minimum absolute atomic E-state index is 0.739. The third-order valence-corrected chi connectivity index (χ3v) is 5.76. The smallest absolute Gasteiger partial charge is 0.125 e. The largest absolute Gasteiger partial charge is 0.372 e. The Labute approximate surface area is 157 Å². The van der Waals surface area contributed by atoms with Crippen LogP contribution in [0.4, 0.5) is 11.5 Å². The van der Waals surface area contributed by atoms with Gasteiger partial charge in [0.1, 0.15) is 5.82 Å². The Morgan fingerprint density at radius 2 is 1.69 bits per heavy atom. The van der Waals surface area contributed by atoms with E-state index in [0.29, 0.717) is 0 Å². The average Bonchev–Trinajstić information content (AvgIpc) is 3.21. The SMILES string of the molecule is c1ccc(NCC2CCN(c3ccc(CN4CCCC4)cc3)CC2)nc1. The maximum Gasteiger partial charge on any atom is 0.125 e. The van der Waals surface area contributed by atoms with Crippen LogP contribution in [0.1, 0.15) is 31.2 Å². The van der Waals surface area contributed by atoms with Crippen LogP contribution in [0.5, 0.6) is 0 Å². The fourth-order valence-corrected chi connectivity index (χ4v) is 4.12. The molecular formula is C22H30N4. The van der Waals surface area contributed by atoms with Crippen LogP contribution in [0.3, 0.4) is 0 Å². The molecule has 0 atom stereocenters. The molecule has 2 aliphatic rings. The Morgan fingerprint density at radius 3 is 2.38 bits per heavy atom. The lowest BCUT2D eigenvalue weighted by molar-refractivity contribution is 0.331. The highest BCUT2D eigenvalue weighted by Gasteiger charge is 2.19. The van der Waals surface area contributed by atoms with E-state index < -0.39 is 0 Å². The summed E-state index contributed by atoms with van der Waals surface area (Å²) >= 11 is 0. The number of nitrogens with zero attached hydrogens (tertiary/aromatic N) is 3. The van der Waals surface area contributed by atoms with E-state index >= 15 is 0 Å². The summed E-state index contributed by atoms with van der Waals surface area (Å²) in [4.78, 5) is 9.45. The minimum Gasteiger partial charge on any atom is -0.372 e. The molecule has 0 unspecified atom stereocenters. The molecule has 0 bridgehead atoms. The van der Waals surface area contributed by atoms with Gasteiger partial charge in [-0.1, -0.05) is 18.2 Å². The van der Waals surface area contributed by atoms with Gasteiger partial charge in [0.15, 0.2) is 0 Å². The van der Waals surface area contributed by atoms with E-state index in [2.05, 4.69) is 44.4 Å². The van der Waals surface area contributed by atoms with Gasteiger partial charge in [-0.3, -0.25) is 4.90 Å². The lowest BCUT2D eigenvalue weighted by atomic mass is 9.96. The molecule has 0 aliphatic carbocycles. The molecule has 1 aromatic heterocycles. The quantitative estimate of drug-likeness (QED) is 0.853. The molecule has 1 aromatic carbocycles. The van der Waals surface area contributed by atoms with Gasteiger partial charge in [0.2, 0.25) is 0 Å². The van der Waals surface area contributed by atoms with Crippen LogP contribution >= 0.6 is 0 Å². The topological polar surface area (TPSA) is 31.4 Å². The predicted octanol–water partition coefficient (Wildman–Crippen LogP) is 4.01. The molecule has 0 amide bonds. The van der Waals surface area contributed by atoms with E-state index in [0.717, 1.165) is 37.9 Å². The van der Waals surface area contributed by atoms with Crippen molar-refractivity contribution in [3.05, 3.63) is 54.2 Å². The van der Waals surface area contributed by atoms with Crippen molar-refractivity contribution < 1.29 is 0 Å². The second-order valence-corrected chi connectivity index (χ2v) is 7.68. The summed E-state index contributed by atoms with van der Waals surface area (Å²) in [6.45, 7) is 6.98. The predicted molar refractivity (Wildman–Crippen MR) is 109 cm³/mol. The molecule has 2 saturated heterocycles. The van der Waals surface area contributed by atoms with E-state index in [-0.39, 0.29) is 0 Å². The molecule has 26 heavy (non-hydrogen) atoms. The zero-order valence-corrected chi connectivity index (χ0v) is 15.6. The number of hydrogen-bond acceptors (Lipinski definition) is 4. The molecule has 4 rings (SSSR count). The van der Waals surface area contributed by atoms with Gasteiger partial charge in [0.25, 0.3) is 0 Å². The van der Waals surface area contributed by atoms with Crippen molar-refractivity contribution in [1.82, 2.24) is 9.88 Å². The standard InChI is InChI=1S/C22H30N4/c1-2-12-23-22(5-1)24-17-19-10-15-26(16-11-19)21-8-6-20(7-9-21)18-25-13-3-4-14-25/h1-2,5-9,12,19H,3-4,10-11,13-18H2,(H,23,24). The van der Waals surface area contributed by atoms with Gasteiger partial charge in [-0.05, 0) is 74.5 Å². The first-order chi connectivity index (χ1) is 12.9.